The van der Waals surface area contributed by atoms with Crippen molar-refractivity contribution in [2.24, 2.45) is 4.99 Å². The predicted molar refractivity (Wildman–Crippen MR) is 122 cm³/mol. The molecular formula is C20H20ClN3O4S2. The quantitative estimate of drug-likeness (QED) is 0.730. The Bertz CT molecular complexity index is 1110. The summed E-state index contributed by atoms with van der Waals surface area (Å²) in [5.74, 6) is 0.673. The van der Waals surface area contributed by atoms with Gasteiger partial charge in [-0.1, -0.05) is 35.5 Å². The lowest BCUT2D eigenvalue weighted by molar-refractivity contribution is -0.113. The molecule has 2 aromatic carbocycles. The Morgan fingerprint density at radius 2 is 2.07 bits per heavy atom. The predicted octanol–water partition coefficient (Wildman–Crippen LogP) is 3.06. The van der Waals surface area contributed by atoms with Crippen LogP contribution in [0.5, 0.6) is 5.75 Å². The molecule has 1 fully saturated rings. The zero-order valence-corrected chi connectivity index (χ0v) is 18.5. The smallest absolute Gasteiger partial charge is 0.234 e. The number of nitrogens with one attached hydrogen (secondary N) is 1. The first kappa shape index (κ1) is 21.0. The summed E-state index contributed by atoms with van der Waals surface area (Å²) in [4.78, 5) is 19.0. The molecule has 2 atom stereocenters. The Labute approximate surface area is 184 Å². The highest BCUT2D eigenvalue weighted by Gasteiger charge is 2.47. The third-order valence-corrected chi connectivity index (χ3v) is 7.78. The minimum atomic E-state index is -3.14. The van der Waals surface area contributed by atoms with Gasteiger partial charge in [0.15, 0.2) is 15.0 Å². The normalized spacial score (nSPS) is 21.8. The number of amidine groups is 1. The highest BCUT2D eigenvalue weighted by molar-refractivity contribution is 8.14. The van der Waals surface area contributed by atoms with Crippen molar-refractivity contribution < 1.29 is 17.9 Å². The van der Waals surface area contributed by atoms with Gasteiger partial charge in [0.2, 0.25) is 5.91 Å². The molecular weight excluding hydrogens is 446 g/mol. The maximum Gasteiger partial charge on any atom is 0.234 e. The van der Waals surface area contributed by atoms with Gasteiger partial charge in [0, 0.05) is 22.5 Å². The van der Waals surface area contributed by atoms with E-state index in [1.54, 1.807) is 31.4 Å². The second-order valence-electron chi connectivity index (χ2n) is 7.04. The molecule has 30 heavy (non-hydrogen) atoms. The topological polar surface area (TPSA) is 88.1 Å². The van der Waals surface area contributed by atoms with Crippen LogP contribution in [0.3, 0.4) is 0 Å². The number of ether oxygens (including phenoxy) is 1. The van der Waals surface area contributed by atoms with Crippen molar-refractivity contribution in [3.8, 4) is 5.75 Å². The summed E-state index contributed by atoms with van der Waals surface area (Å²) in [7, 11) is -1.56. The van der Waals surface area contributed by atoms with E-state index in [-0.39, 0.29) is 35.2 Å². The van der Waals surface area contributed by atoms with Crippen molar-refractivity contribution in [3.05, 3.63) is 53.6 Å². The van der Waals surface area contributed by atoms with Gasteiger partial charge < -0.3 is 15.0 Å². The zero-order valence-electron chi connectivity index (χ0n) is 16.1. The van der Waals surface area contributed by atoms with E-state index in [0.29, 0.717) is 21.6 Å². The Morgan fingerprint density at radius 3 is 2.83 bits per heavy atom. The van der Waals surface area contributed by atoms with E-state index in [2.05, 4.69) is 10.3 Å². The summed E-state index contributed by atoms with van der Waals surface area (Å²) < 4.78 is 29.6. The van der Waals surface area contributed by atoms with Crippen LogP contribution in [0.25, 0.3) is 0 Å². The van der Waals surface area contributed by atoms with Crippen LogP contribution in [0.4, 0.5) is 11.4 Å². The maximum atomic E-state index is 12.4. The number of sulfone groups is 1. The molecule has 0 spiro atoms. The van der Waals surface area contributed by atoms with Crippen LogP contribution in [0.15, 0.2) is 53.5 Å². The van der Waals surface area contributed by atoms with E-state index < -0.39 is 9.84 Å². The summed E-state index contributed by atoms with van der Waals surface area (Å²) in [6.45, 7) is 0. The average molecular weight is 466 g/mol. The monoisotopic (exact) mass is 465 g/mol. The number of nitrogens with zero attached hydrogens (tertiary/aromatic N) is 2. The molecule has 0 radical (unpaired) electrons. The molecule has 10 heteroatoms. The molecule has 4 rings (SSSR count). The summed E-state index contributed by atoms with van der Waals surface area (Å²) in [5, 5.41) is 3.98. The Kier molecular flexibility index (Phi) is 5.95. The van der Waals surface area contributed by atoms with E-state index in [4.69, 9.17) is 16.3 Å². The van der Waals surface area contributed by atoms with Crippen LogP contribution < -0.4 is 15.0 Å². The lowest BCUT2D eigenvalue weighted by Crippen LogP contribution is -2.39. The summed E-state index contributed by atoms with van der Waals surface area (Å²) in [5.41, 5.74) is 1.41. The number of carbonyl (C=O) groups excluding carboxylic acids is 1. The van der Waals surface area contributed by atoms with Crippen LogP contribution in [0.2, 0.25) is 5.02 Å². The Hall–Kier alpha value is -2.23. The minimum Gasteiger partial charge on any atom is -0.497 e. The summed E-state index contributed by atoms with van der Waals surface area (Å²) >= 11 is 7.24. The molecule has 158 valence electrons. The van der Waals surface area contributed by atoms with Crippen LogP contribution in [0.1, 0.15) is 0 Å². The van der Waals surface area contributed by atoms with E-state index in [9.17, 15) is 13.2 Å². The fourth-order valence-electron chi connectivity index (χ4n) is 3.59. The second kappa shape index (κ2) is 8.49. The number of hydrogen-bond donors (Lipinski definition) is 1. The first-order valence-corrected chi connectivity index (χ1v) is 12.4. The average Bonchev–Trinajstić information content (AvgIpc) is 3.17. The van der Waals surface area contributed by atoms with Gasteiger partial charge in [-0.3, -0.25) is 9.79 Å². The molecule has 0 saturated carbocycles. The molecule has 2 aromatic rings. The number of carbonyl (C=O) groups is 1. The number of benzene rings is 2. The number of thioether (sulfide) groups is 1. The van der Waals surface area contributed by atoms with Crippen LogP contribution in [-0.4, -0.2) is 55.9 Å². The summed E-state index contributed by atoms with van der Waals surface area (Å²) in [6.07, 6.45) is 0. The lowest BCUT2D eigenvalue weighted by Gasteiger charge is -2.26. The van der Waals surface area contributed by atoms with Crippen molar-refractivity contribution in [1.82, 2.24) is 0 Å². The molecule has 1 N–H and O–H groups in total. The van der Waals surface area contributed by atoms with Gasteiger partial charge in [-0.2, -0.15) is 0 Å². The maximum absolute atomic E-state index is 12.4. The second-order valence-corrected chi connectivity index (χ2v) is 10.6. The highest BCUT2D eigenvalue weighted by atomic mass is 35.5. The van der Waals surface area contributed by atoms with Crippen LogP contribution >= 0.6 is 23.4 Å². The van der Waals surface area contributed by atoms with Gasteiger partial charge in [0.1, 0.15) is 5.75 Å². The molecule has 2 unspecified atom stereocenters. The molecule has 1 saturated heterocycles. The van der Waals surface area contributed by atoms with E-state index in [0.717, 1.165) is 5.69 Å². The molecule has 2 aliphatic heterocycles. The number of halogens is 1. The van der Waals surface area contributed by atoms with Gasteiger partial charge in [0.25, 0.3) is 0 Å². The van der Waals surface area contributed by atoms with E-state index in [1.165, 1.54) is 11.8 Å². The number of aliphatic imine (C=N–C) groups is 1. The Balaban J connectivity index is 1.52. The van der Waals surface area contributed by atoms with Crippen LogP contribution in [0, 0.1) is 0 Å². The van der Waals surface area contributed by atoms with Gasteiger partial charge in [-0.05, 0) is 30.3 Å². The molecule has 1 amide bonds. The minimum absolute atomic E-state index is 0.0247. The third kappa shape index (κ3) is 4.58. The zero-order chi connectivity index (χ0) is 21.3. The molecule has 0 bridgehead atoms. The van der Waals surface area contributed by atoms with Crippen molar-refractivity contribution in [3.63, 3.8) is 0 Å². The van der Waals surface area contributed by atoms with Crippen molar-refractivity contribution in [2.45, 2.75) is 12.1 Å². The van der Waals surface area contributed by atoms with Crippen LogP contribution in [-0.2, 0) is 14.6 Å². The van der Waals surface area contributed by atoms with Crippen molar-refractivity contribution in [1.29, 1.82) is 0 Å². The van der Waals surface area contributed by atoms with E-state index in [1.807, 2.05) is 29.2 Å². The molecule has 2 heterocycles. The number of methoxy groups -OCH3 is 1. The van der Waals surface area contributed by atoms with Gasteiger partial charge in [-0.15, -0.1) is 0 Å². The third-order valence-electron chi connectivity index (χ3n) is 4.88. The molecule has 2 aliphatic rings. The largest absolute Gasteiger partial charge is 0.497 e. The van der Waals surface area contributed by atoms with E-state index >= 15 is 0 Å². The number of fused-ring (bicyclic) bond motifs is 1. The number of rotatable bonds is 5. The number of anilines is 2. The fraction of sp³-hybridized carbons (Fsp3) is 0.300. The molecule has 7 nitrogen and oxygen atoms in total. The molecule has 0 aliphatic carbocycles. The van der Waals surface area contributed by atoms with Gasteiger partial charge in [0.05, 0.1) is 36.5 Å². The first-order valence-electron chi connectivity index (χ1n) is 9.24. The SMILES string of the molecule is COc1cccc(N2C(SCC(=O)Nc3cccc(Cl)c3)=NC3CS(=O)(=O)CC32)c1. The standard InChI is InChI=1S/C20H20ClN3O4S2/c1-28-16-7-3-6-15(9-16)24-18-12-30(26,27)11-17(18)23-20(24)29-10-19(25)22-14-5-2-4-13(21)8-14/h2-9,17-18H,10-12H2,1H3,(H,22,25). The lowest BCUT2D eigenvalue weighted by atomic mass is 10.1. The molecule has 0 aromatic heterocycles. The van der Waals surface area contributed by atoms with Gasteiger partial charge >= 0.3 is 0 Å². The highest BCUT2D eigenvalue weighted by Crippen LogP contribution is 2.36. The number of amides is 1. The fourth-order valence-corrected chi connectivity index (χ4v) is 6.55. The number of hydrogen-bond acceptors (Lipinski definition) is 7. The Morgan fingerprint density at radius 1 is 1.27 bits per heavy atom. The van der Waals surface area contributed by atoms with Gasteiger partial charge in [-0.25, -0.2) is 8.42 Å². The van der Waals surface area contributed by atoms with Crippen molar-refractivity contribution >= 4 is 55.6 Å². The summed E-state index contributed by atoms with van der Waals surface area (Å²) in [6, 6.07) is 13.7. The first-order chi connectivity index (χ1) is 14.3. The van der Waals surface area contributed by atoms with Crippen molar-refractivity contribution in [2.75, 3.05) is 34.6 Å².